The molecular weight excluding hydrogens is 332 g/mol. The van der Waals surface area contributed by atoms with Crippen LogP contribution in [-0.2, 0) is 0 Å². The van der Waals surface area contributed by atoms with E-state index in [9.17, 15) is 14.9 Å². The Kier molecular flexibility index (Phi) is 4.04. The van der Waals surface area contributed by atoms with Crippen LogP contribution in [0.5, 0.6) is 0 Å². The van der Waals surface area contributed by atoms with Crippen LogP contribution < -0.4 is 0 Å². The van der Waals surface area contributed by atoms with Gasteiger partial charge in [-0.15, -0.1) is 11.6 Å². The van der Waals surface area contributed by atoms with Crippen molar-refractivity contribution in [1.29, 1.82) is 0 Å². The molecule has 0 aliphatic heterocycles. The second-order valence-electron chi connectivity index (χ2n) is 2.90. The number of Topliss-reactive ketones (excluding diaryl/α,β-unsaturated/α-hetero) is 1. The summed E-state index contributed by atoms with van der Waals surface area (Å²) in [7, 11) is 0. The van der Waals surface area contributed by atoms with Crippen LogP contribution in [0.15, 0.2) is 12.1 Å². The predicted octanol–water partition coefficient (Wildman–Crippen LogP) is 2.93. The molecule has 0 aromatic heterocycles. The molecule has 0 bridgehead atoms. The summed E-state index contributed by atoms with van der Waals surface area (Å²) < 4.78 is 0.441. The zero-order chi connectivity index (χ0) is 11.6. The van der Waals surface area contributed by atoms with Gasteiger partial charge in [0, 0.05) is 0 Å². The van der Waals surface area contributed by atoms with Gasteiger partial charge in [-0.3, -0.25) is 14.9 Å². The number of hydrogen-bond acceptors (Lipinski definition) is 3. The second kappa shape index (κ2) is 4.89. The quantitative estimate of drug-likeness (QED) is 0.280. The van der Waals surface area contributed by atoms with Crippen LogP contribution in [0.2, 0.25) is 0 Å². The van der Waals surface area contributed by atoms with Gasteiger partial charge in [-0.1, -0.05) is 6.07 Å². The molecule has 1 aromatic rings. The van der Waals surface area contributed by atoms with E-state index in [0.29, 0.717) is 9.13 Å². The van der Waals surface area contributed by atoms with Gasteiger partial charge < -0.3 is 0 Å². The maximum atomic E-state index is 11.5. The predicted molar refractivity (Wildman–Crippen MR) is 65.6 cm³/mol. The van der Waals surface area contributed by atoms with Crippen molar-refractivity contribution >= 4 is 45.7 Å². The van der Waals surface area contributed by atoms with Crippen molar-refractivity contribution in [3.05, 3.63) is 36.9 Å². The number of nitrogens with zero attached hydrogens (tertiary/aromatic N) is 1. The molecule has 0 amide bonds. The van der Waals surface area contributed by atoms with Crippen molar-refractivity contribution in [3.8, 4) is 0 Å². The highest BCUT2D eigenvalue weighted by Crippen LogP contribution is 2.28. The van der Waals surface area contributed by atoms with Crippen LogP contribution in [0.4, 0.5) is 5.69 Å². The third kappa shape index (κ3) is 2.46. The van der Waals surface area contributed by atoms with Gasteiger partial charge in [0.25, 0.3) is 5.69 Å². The van der Waals surface area contributed by atoms with Gasteiger partial charge >= 0.3 is 0 Å². The van der Waals surface area contributed by atoms with E-state index < -0.39 is 10.7 Å². The molecule has 0 spiro atoms. The third-order valence-electron chi connectivity index (χ3n) is 1.92. The highest BCUT2D eigenvalue weighted by atomic mass is 127. The molecule has 0 saturated carbocycles. The molecule has 0 radical (unpaired) electrons. The van der Waals surface area contributed by atoms with Gasteiger partial charge in [-0.05, 0) is 41.1 Å². The summed E-state index contributed by atoms with van der Waals surface area (Å²) in [5.74, 6) is -0.665. The number of nitro groups is 1. The number of rotatable bonds is 3. The molecule has 1 aromatic carbocycles. The topological polar surface area (TPSA) is 60.2 Å². The molecule has 0 aliphatic carbocycles. The minimum Gasteiger partial charge on any atom is -0.293 e. The molecule has 0 unspecified atom stereocenters. The lowest BCUT2D eigenvalue weighted by Crippen LogP contribution is -2.08. The minimum atomic E-state index is -0.547. The molecular formula is C9H7ClINO3. The molecule has 6 heteroatoms. The fourth-order valence-electron chi connectivity index (χ4n) is 1.26. The Balaban J connectivity index is 3.52. The fourth-order valence-corrected chi connectivity index (χ4v) is 2.04. The van der Waals surface area contributed by atoms with Crippen molar-refractivity contribution in [2.45, 2.75) is 6.92 Å². The van der Waals surface area contributed by atoms with Crippen molar-refractivity contribution in [2.24, 2.45) is 0 Å². The summed E-state index contributed by atoms with van der Waals surface area (Å²) in [5.41, 5.74) is 0.538. The standard InChI is InChI=1S/C9H7ClINO3/c1-5-2-3-6(11)9(12(14)15)8(5)7(13)4-10/h2-3H,4H2,1H3. The van der Waals surface area contributed by atoms with Crippen LogP contribution in [-0.4, -0.2) is 16.6 Å². The van der Waals surface area contributed by atoms with E-state index in [-0.39, 0.29) is 17.1 Å². The number of ketones is 1. The Bertz CT molecular complexity index is 434. The van der Waals surface area contributed by atoms with Crippen LogP contribution in [0.3, 0.4) is 0 Å². The number of nitro benzene ring substituents is 1. The van der Waals surface area contributed by atoms with Gasteiger partial charge in [0.15, 0.2) is 5.78 Å². The number of carbonyl (C=O) groups is 1. The van der Waals surface area contributed by atoms with E-state index in [4.69, 9.17) is 11.6 Å². The maximum absolute atomic E-state index is 11.5. The lowest BCUT2D eigenvalue weighted by Gasteiger charge is -2.05. The van der Waals surface area contributed by atoms with Crippen molar-refractivity contribution in [2.75, 3.05) is 5.88 Å². The molecule has 80 valence electrons. The molecule has 4 nitrogen and oxygen atoms in total. The zero-order valence-electron chi connectivity index (χ0n) is 7.79. The Labute approximate surface area is 105 Å². The molecule has 0 fully saturated rings. The Morgan fingerprint density at radius 2 is 2.20 bits per heavy atom. The summed E-state index contributed by atoms with van der Waals surface area (Å²) in [6, 6.07) is 3.29. The van der Waals surface area contributed by atoms with Crippen molar-refractivity contribution < 1.29 is 9.72 Å². The van der Waals surface area contributed by atoms with Gasteiger partial charge in [-0.2, -0.15) is 0 Å². The van der Waals surface area contributed by atoms with Crippen LogP contribution >= 0.6 is 34.2 Å². The number of halogens is 2. The van der Waals surface area contributed by atoms with Crippen molar-refractivity contribution in [3.63, 3.8) is 0 Å². The summed E-state index contributed by atoms with van der Waals surface area (Å²) in [4.78, 5) is 21.7. The third-order valence-corrected chi connectivity index (χ3v) is 3.03. The van der Waals surface area contributed by atoms with Gasteiger partial charge in [0.05, 0.1) is 14.4 Å². The van der Waals surface area contributed by atoms with E-state index in [1.165, 1.54) is 0 Å². The summed E-state index contributed by atoms with van der Waals surface area (Å²) in [6.07, 6.45) is 0. The Morgan fingerprint density at radius 1 is 1.60 bits per heavy atom. The van der Waals surface area contributed by atoms with E-state index in [1.807, 2.05) is 22.6 Å². The number of carbonyl (C=O) groups excluding carboxylic acids is 1. The van der Waals surface area contributed by atoms with Gasteiger partial charge in [0.2, 0.25) is 0 Å². The first-order valence-corrected chi connectivity index (χ1v) is 5.63. The molecule has 0 N–H and O–H groups in total. The molecule has 0 atom stereocenters. The smallest absolute Gasteiger partial charge is 0.293 e. The maximum Gasteiger partial charge on any atom is 0.293 e. The van der Waals surface area contributed by atoms with Crippen molar-refractivity contribution in [1.82, 2.24) is 0 Å². The lowest BCUT2D eigenvalue weighted by atomic mass is 10.0. The number of aryl methyl sites for hydroxylation is 1. The van der Waals surface area contributed by atoms with E-state index in [2.05, 4.69) is 0 Å². The average molecular weight is 340 g/mol. The van der Waals surface area contributed by atoms with E-state index in [1.54, 1.807) is 19.1 Å². The first kappa shape index (κ1) is 12.4. The molecule has 15 heavy (non-hydrogen) atoms. The zero-order valence-corrected chi connectivity index (χ0v) is 10.7. The average Bonchev–Trinajstić information content (AvgIpc) is 2.19. The Hall–Kier alpha value is -0.690. The fraction of sp³-hybridized carbons (Fsp3) is 0.222. The SMILES string of the molecule is Cc1ccc(I)c([N+](=O)[O-])c1C(=O)CCl. The summed E-state index contributed by atoms with van der Waals surface area (Å²) >= 11 is 7.24. The molecule has 0 saturated heterocycles. The van der Waals surface area contributed by atoms with Crippen LogP contribution in [0.25, 0.3) is 0 Å². The number of benzene rings is 1. The monoisotopic (exact) mass is 339 g/mol. The molecule has 0 aliphatic rings. The first-order valence-electron chi connectivity index (χ1n) is 4.01. The molecule has 0 heterocycles. The minimum absolute atomic E-state index is 0.113. The van der Waals surface area contributed by atoms with Gasteiger partial charge in [0.1, 0.15) is 5.56 Å². The number of hydrogen-bond donors (Lipinski definition) is 0. The highest BCUT2D eigenvalue weighted by molar-refractivity contribution is 14.1. The Morgan fingerprint density at radius 3 is 2.67 bits per heavy atom. The first-order chi connectivity index (χ1) is 6.99. The summed E-state index contributed by atoms with van der Waals surface area (Å²) in [6.45, 7) is 1.66. The lowest BCUT2D eigenvalue weighted by molar-refractivity contribution is -0.386. The normalized spacial score (nSPS) is 10.1. The molecule has 1 rings (SSSR count). The van der Waals surface area contributed by atoms with E-state index >= 15 is 0 Å². The largest absolute Gasteiger partial charge is 0.293 e. The highest BCUT2D eigenvalue weighted by Gasteiger charge is 2.24. The van der Waals surface area contributed by atoms with Crippen LogP contribution in [0, 0.1) is 20.6 Å². The van der Waals surface area contributed by atoms with Crippen LogP contribution in [0.1, 0.15) is 15.9 Å². The van der Waals surface area contributed by atoms with E-state index in [0.717, 1.165) is 0 Å². The summed E-state index contributed by atoms with van der Waals surface area (Å²) in [5, 5.41) is 10.8. The second-order valence-corrected chi connectivity index (χ2v) is 4.33. The number of alkyl halides is 1. The van der Waals surface area contributed by atoms with Gasteiger partial charge in [-0.25, -0.2) is 0 Å².